The van der Waals surface area contributed by atoms with Crippen LogP contribution in [0.3, 0.4) is 0 Å². The number of hydrogen-bond acceptors (Lipinski definition) is 2. The first-order valence-electron chi connectivity index (χ1n) is 5.37. The third-order valence-corrected chi connectivity index (χ3v) is 5.06. The topological polar surface area (TPSA) is 12.0 Å². The molecule has 0 bridgehead atoms. The Morgan fingerprint density at radius 1 is 1.50 bits per heavy atom. The summed E-state index contributed by atoms with van der Waals surface area (Å²) in [6.45, 7) is 2.17. The van der Waals surface area contributed by atoms with Crippen LogP contribution in [0.5, 0.6) is 0 Å². The molecule has 0 spiro atoms. The van der Waals surface area contributed by atoms with E-state index in [0.717, 1.165) is 27.1 Å². The van der Waals surface area contributed by atoms with Gasteiger partial charge in [-0.25, -0.2) is 4.39 Å². The molecule has 0 radical (unpaired) electrons. The molecular formula is C12H15BrFNS. The SMILES string of the molecule is CNC1c2c(F)ccc(Br)c2CSCC1C. The van der Waals surface area contributed by atoms with Crippen LogP contribution < -0.4 is 5.32 Å². The standard InChI is InChI=1S/C12H15BrFNS/c1-7-5-16-6-8-9(13)3-4-10(14)11(8)12(7)15-2/h3-4,7,12,15H,5-6H2,1-2H3. The summed E-state index contributed by atoms with van der Waals surface area (Å²) >= 11 is 5.39. The fraction of sp³-hybridized carbons (Fsp3) is 0.500. The van der Waals surface area contributed by atoms with Crippen molar-refractivity contribution in [3.8, 4) is 0 Å². The third kappa shape index (κ3) is 2.15. The molecule has 1 aromatic carbocycles. The van der Waals surface area contributed by atoms with E-state index in [0.29, 0.717) is 5.92 Å². The van der Waals surface area contributed by atoms with Gasteiger partial charge in [-0.05, 0) is 36.4 Å². The summed E-state index contributed by atoms with van der Waals surface area (Å²) in [7, 11) is 1.90. The van der Waals surface area contributed by atoms with Gasteiger partial charge in [0.25, 0.3) is 0 Å². The van der Waals surface area contributed by atoms with E-state index in [1.54, 1.807) is 12.1 Å². The zero-order chi connectivity index (χ0) is 11.7. The van der Waals surface area contributed by atoms with Crippen LogP contribution in [0.1, 0.15) is 24.1 Å². The summed E-state index contributed by atoms with van der Waals surface area (Å²) in [6.07, 6.45) is 0. The van der Waals surface area contributed by atoms with Crippen molar-refractivity contribution in [2.75, 3.05) is 12.8 Å². The lowest BCUT2D eigenvalue weighted by Gasteiger charge is -2.23. The lowest BCUT2D eigenvalue weighted by atomic mass is 9.92. The lowest BCUT2D eigenvalue weighted by molar-refractivity contribution is 0.430. The highest BCUT2D eigenvalue weighted by atomic mass is 79.9. The summed E-state index contributed by atoms with van der Waals surface area (Å²) in [5.74, 6) is 2.30. The second-order valence-corrected chi connectivity index (χ2v) is 6.06. The van der Waals surface area contributed by atoms with Gasteiger partial charge >= 0.3 is 0 Å². The summed E-state index contributed by atoms with van der Waals surface area (Å²) < 4.78 is 15.0. The van der Waals surface area contributed by atoms with Crippen molar-refractivity contribution in [1.82, 2.24) is 5.32 Å². The van der Waals surface area contributed by atoms with Crippen LogP contribution in [0.25, 0.3) is 0 Å². The van der Waals surface area contributed by atoms with Gasteiger partial charge in [0.15, 0.2) is 0 Å². The van der Waals surface area contributed by atoms with E-state index in [-0.39, 0.29) is 11.9 Å². The maximum Gasteiger partial charge on any atom is 0.128 e. The van der Waals surface area contributed by atoms with Gasteiger partial charge in [0.05, 0.1) is 0 Å². The van der Waals surface area contributed by atoms with E-state index in [9.17, 15) is 4.39 Å². The second kappa shape index (κ2) is 5.07. The van der Waals surface area contributed by atoms with Crippen molar-refractivity contribution in [2.45, 2.75) is 18.7 Å². The molecule has 88 valence electrons. The Bertz CT molecular complexity index is 397. The minimum atomic E-state index is -0.0908. The fourth-order valence-electron chi connectivity index (χ4n) is 2.25. The molecule has 0 fully saturated rings. The molecule has 0 aromatic heterocycles. The number of nitrogens with one attached hydrogen (secondary N) is 1. The van der Waals surface area contributed by atoms with E-state index < -0.39 is 0 Å². The van der Waals surface area contributed by atoms with Crippen LogP contribution in [0, 0.1) is 11.7 Å². The quantitative estimate of drug-likeness (QED) is 0.848. The first kappa shape index (κ1) is 12.4. The van der Waals surface area contributed by atoms with Gasteiger partial charge in [-0.2, -0.15) is 11.8 Å². The Labute approximate surface area is 108 Å². The Morgan fingerprint density at radius 2 is 2.25 bits per heavy atom. The molecule has 0 amide bonds. The van der Waals surface area contributed by atoms with Gasteiger partial charge in [-0.15, -0.1) is 0 Å². The van der Waals surface area contributed by atoms with E-state index in [2.05, 4.69) is 28.2 Å². The van der Waals surface area contributed by atoms with Crippen LogP contribution in [-0.2, 0) is 5.75 Å². The number of halogens is 2. The van der Waals surface area contributed by atoms with Gasteiger partial charge in [0, 0.05) is 21.8 Å². The van der Waals surface area contributed by atoms with Crippen LogP contribution in [0.15, 0.2) is 16.6 Å². The molecule has 1 heterocycles. The maximum atomic E-state index is 14.0. The maximum absolute atomic E-state index is 14.0. The largest absolute Gasteiger partial charge is 0.313 e. The molecule has 2 rings (SSSR count). The Morgan fingerprint density at radius 3 is 2.94 bits per heavy atom. The molecule has 2 atom stereocenters. The summed E-state index contributed by atoms with van der Waals surface area (Å²) in [5, 5.41) is 3.24. The lowest BCUT2D eigenvalue weighted by Crippen LogP contribution is -2.25. The fourth-order valence-corrected chi connectivity index (χ4v) is 4.12. The van der Waals surface area contributed by atoms with E-state index >= 15 is 0 Å². The van der Waals surface area contributed by atoms with Gasteiger partial charge in [0.1, 0.15) is 5.82 Å². The zero-order valence-electron chi connectivity index (χ0n) is 9.39. The van der Waals surface area contributed by atoms with Crippen LogP contribution in [0.2, 0.25) is 0 Å². The molecule has 1 aliphatic rings. The summed E-state index contributed by atoms with van der Waals surface area (Å²) in [6, 6.07) is 3.47. The minimum Gasteiger partial charge on any atom is -0.313 e. The number of fused-ring (bicyclic) bond motifs is 1. The predicted molar refractivity (Wildman–Crippen MR) is 71.2 cm³/mol. The highest BCUT2D eigenvalue weighted by molar-refractivity contribution is 9.10. The first-order valence-corrected chi connectivity index (χ1v) is 7.31. The second-order valence-electron chi connectivity index (χ2n) is 4.18. The smallest absolute Gasteiger partial charge is 0.128 e. The number of hydrogen-bond donors (Lipinski definition) is 1. The van der Waals surface area contributed by atoms with Crippen molar-refractivity contribution >= 4 is 27.7 Å². The highest BCUT2D eigenvalue weighted by Gasteiger charge is 2.27. The molecule has 16 heavy (non-hydrogen) atoms. The summed E-state index contributed by atoms with van der Waals surface area (Å²) in [4.78, 5) is 0. The third-order valence-electron chi connectivity index (χ3n) is 3.06. The zero-order valence-corrected chi connectivity index (χ0v) is 11.8. The van der Waals surface area contributed by atoms with E-state index in [4.69, 9.17) is 0 Å². The van der Waals surface area contributed by atoms with E-state index in [1.807, 2.05) is 18.8 Å². The Hall–Kier alpha value is -0.0600. The number of benzene rings is 1. The predicted octanol–water partition coefficient (Wildman–Crippen LogP) is 3.73. The van der Waals surface area contributed by atoms with Gasteiger partial charge in [-0.3, -0.25) is 0 Å². The molecule has 4 heteroatoms. The molecule has 0 saturated heterocycles. The van der Waals surface area contributed by atoms with Gasteiger partial charge in [0.2, 0.25) is 0 Å². The molecule has 1 aromatic rings. The van der Waals surface area contributed by atoms with Crippen molar-refractivity contribution in [2.24, 2.45) is 5.92 Å². The molecule has 1 N–H and O–H groups in total. The average Bonchev–Trinajstić information content (AvgIpc) is 2.43. The normalized spacial score (nSPS) is 25.0. The highest BCUT2D eigenvalue weighted by Crippen LogP contribution is 2.38. The van der Waals surface area contributed by atoms with E-state index in [1.165, 1.54) is 0 Å². The average molecular weight is 304 g/mol. The molecular weight excluding hydrogens is 289 g/mol. The number of thioether (sulfide) groups is 1. The molecule has 0 saturated carbocycles. The first-order chi connectivity index (χ1) is 7.65. The van der Waals surface area contributed by atoms with Crippen LogP contribution in [0.4, 0.5) is 4.39 Å². The molecule has 2 unspecified atom stereocenters. The van der Waals surface area contributed by atoms with Crippen LogP contribution in [-0.4, -0.2) is 12.8 Å². The minimum absolute atomic E-state index is 0.0908. The monoisotopic (exact) mass is 303 g/mol. The summed E-state index contributed by atoms with van der Waals surface area (Å²) in [5.41, 5.74) is 1.95. The van der Waals surface area contributed by atoms with Crippen molar-refractivity contribution < 1.29 is 4.39 Å². The Balaban J connectivity index is 2.57. The van der Waals surface area contributed by atoms with Crippen molar-refractivity contribution in [3.05, 3.63) is 33.5 Å². The molecule has 1 aliphatic heterocycles. The van der Waals surface area contributed by atoms with Gasteiger partial charge in [-0.1, -0.05) is 22.9 Å². The van der Waals surface area contributed by atoms with Crippen molar-refractivity contribution in [3.63, 3.8) is 0 Å². The van der Waals surface area contributed by atoms with Gasteiger partial charge < -0.3 is 5.32 Å². The van der Waals surface area contributed by atoms with Crippen molar-refractivity contribution in [1.29, 1.82) is 0 Å². The Kier molecular flexibility index (Phi) is 3.93. The number of rotatable bonds is 1. The molecule has 0 aliphatic carbocycles. The molecule has 1 nitrogen and oxygen atoms in total. The van der Waals surface area contributed by atoms with Crippen LogP contribution >= 0.6 is 27.7 Å².